The van der Waals surface area contributed by atoms with Gasteiger partial charge in [0.2, 0.25) is 0 Å². The summed E-state index contributed by atoms with van der Waals surface area (Å²) >= 11 is 0. The van der Waals surface area contributed by atoms with Crippen LogP contribution in [0.15, 0.2) is 30.3 Å². The number of hydrogen-bond acceptors (Lipinski definition) is 5. The average molecular weight is 362 g/mol. The lowest BCUT2D eigenvalue weighted by Crippen LogP contribution is -2.59. The van der Waals surface area contributed by atoms with Crippen molar-refractivity contribution in [3.63, 3.8) is 0 Å². The summed E-state index contributed by atoms with van der Waals surface area (Å²) < 4.78 is 10.7. The van der Waals surface area contributed by atoms with Crippen LogP contribution in [-0.2, 0) is 20.9 Å². The van der Waals surface area contributed by atoms with E-state index in [9.17, 15) is 14.4 Å². The van der Waals surface area contributed by atoms with Gasteiger partial charge >= 0.3 is 12.2 Å². The Morgan fingerprint density at radius 1 is 1.08 bits per heavy atom. The van der Waals surface area contributed by atoms with Crippen LogP contribution in [0.5, 0.6) is 0 Å². The molecule has 1 heterocycles. The molecule has 1 aromatic carbocycles. The molecule has 142 valence electrons. The van der Waals surface area contributed by atoms with Gasteiger partial charge in [0.25, 0.3) is 0 Å². The Labute approximate surface area is 153 Å². The van der Waals surface area contributed by atoms with E-state index in [1.165, 1.54) is 16.7 Å². The Kier molecular flexibility index (Phi) is 6.23. The highest BCUT2D eigenvalue weighted by molar-refractivity contribution is 5.86. The highest BCUT2D eigenvalue weighted by atomic mass is 16.6. The van der Waals surface area contributed by atoms with Crippen LogP contribution in [0.2, 0.25) is 0 Å². The van der Waals surface area contributed by atoms with Crippen molar-refractivity contribution in [2.24, 2.45) is 0 Å². The maximum Gasteiger partial charge on any atom is 0.410 e. The first kappa shape index (κ1) is 19.8. The second-order valence-corrected chi connectivity index (χ2v) is 7.29. The summed E-state index contributed by atoms with van der Waals surface area (Å²) in [4.78, 5) is 39.5. The predicted octanol–water partition coefficient (Wildman–Crippen LogP) is 2.83. The van der Waals surface area contributed by atoms with Crippen LogP contribution in [0, 0.1) is 0 Å². The van der Waals surface area contributed by atoms with Crippen molar-refractivity contribution in [1.29, 1.82) is 0 Å². The summed E-state index contributed by atoms with van der Waals surface area (Å²) in [5.41, 5.74) is 0.252. The average Bonchev–Trinajstić information content (AvgIpc) is 2.58. The van der Waals surface area contributed by atoms with Crippen LogP contribution < -0.4 is 0 Å². The van der Waals surface area contributed by atoms with Crippen LogP contribution in [0.4, 0.5) is 9.59 Å². The number of carbonyl (C=O) groups excluding carboxylic acids is 3. The third kappa shape index (κ3) is 5.47. The van der Waals surface area contributed by atoms with Gasteiger partial charge in [-0.25, -0.2) is 9.59 Å². The van der Waals surface area contributed by atoms with Gasteiger partial charge in [0.05, 0.1) is 6.54 Å². The maximum atomic E-state index is 12.4. The topological polar surface area (TPSA) is 76.2 Å². The Balaban J connectivity index is 1.98. The molecule has 7 heteroatoms. The van der Waals surface area contributed by atoms with Crippen molar-refractivity contribution < 1.29 is 23.9 Å². The van der Waals surface area contributed by atoms with Crippen molar-refractivity contribution in [2.45, 2.75) is 45.9 Å². The fourth-order valence-corrected chi connectivity index (χ4v) is 2.64. The fraction of sp³-hybridized carbons (Fsp3) is 0.526. The van der Waals surface area contributed by atoms with Crippen molar-refractivity contribution in [1.82, 2.24) is 9.80 Å². The minimum atomic E-state index is -0.737. The molecule has 1 aliphatic rings. The molecule has 1 aliphatic heterocycles. The molecule has 7 nitrogen and oxygen atoms in total. The number of nitrogens with zero attached hydrogens (tertiary/aromatic N) is 2. The number of Topliss-reactive ketones (excluding diaryl/α,β-unsaturated/α-hetero) is 1. The molecule has 1 saturated heterocycles. The minimum Gasteiger partial charge on any atom is -0.445 e. The molecule has 2 rings (SSSR count). The lowest BCUT2D eigenvalue weighted by Gasteiger charge is -2.39. The Hall–Kier alpha value is -2.57. The molecule has 0 aliphatic carbocycles. The van der Waals surface area contributed by atoms with E-state index in [2.05, 4.69) is 0 Å². The fourth-order valence-electron chi connectivity index (χ4n) is 2.64. The van der Waals surface area contributed by atoms with E-state index in [0.29, 0.717) is 6.54 Å². The molecule has 1 fully saturated rings. The Morgan fingerprint density at radius 3 is 2.31 bits per heavy atom. The second kappa shape index (κ2) is 8.21. The first-order valence-electron chi connectivity index (χ1n) is 8.63. The lowest BCUT2D eigenvalue weighted by atomic mass is 10.1. The number of rotatable bonds is 3. The summed E-state index contributed by atoms with van der Waals surface area (Å²) in [5, 5.41) is 0. The SMILES string of the molecule is CC(=O)C1CN(C(=O)OC(C)(C)C)CCN1C(=O)OCc1ccccc1. The van der Waals surface area contributed by atoms with E-state index >= 15 is 0 Å². The summed E-state index contributed by atoms with van der Waals surface area (Å²) in [6.07, 6.45) is -1.04. The van der Waals surface area contributed by atoms with E-state index in [0.717, 1.165) is 5.56 Å². The molecule has 1 aromatic rings. The van der Waals surface area contributed by atoms with Crippen molar-refractivity contribution >= 4 is 18.0 Å². The van der Waals surface area contributed by atoms with Gasteiger partial charge in [-0.05, 0) is 33.3 Å². The van der Waals surface area contributed by atoms with E-state index < -0.39 is 23.8 Å². The lowest BCUT2D eigenvalue weighted by molar-refractivity contribution is -0.123. The first-order chi connectivity index (χ1) is 12.2. The van der Waals surface area contributed by atoms with Gasteiger partial charge in [-0.1, -0.05) is 30.3 Å². The van der Waals surface area contributed by atoms with Crippen LogP contribution in [-0.4, -0.2) is 59.0 Å². The molecular weight excluding hydrogens is 336 g/mol. The third-order valence-corrected chi connectivity index (χ3v) is 3.94. The van der Waals surface area contributed by atoms with Crippen molar-refractivity contribution in [3.05, 3.63) is 35.9 Å². The van der Waals surface area contributed by atoms with Crippen LogP contribution >= 0.6 is 0 Å². The van der Waals surface area contributed by atoms with Crippen LogP contribution in [0.3, 0.4) is 0 Å². The molecule has 0 bridgehead atoms. The Bertz CT molecular complexity index is 654. The number of hydrogen-bond donors (Lipinski definition) is 0. The maximum absolute atomic E-state index is 12.4. The molecule has 0 saturated carbocycles. The zero-order valence-electron chi connectivity index (χ0n) is 15.7. The number of ether oxygens (including phenoxy) is 2. The zero-order valence-corrected chi connectivity index (χ0v) is 15.7. The van der Waals surface area contributed by atoms with Crippen LogP contribution in [0.1, 0.15) is 33.3 Å². The summed E-state index contributed by atoms with van der Waals surface area (Å²) in [6, 6.07) is 8.58. The van der Waals surface area contributed by atoms with Crippen LogP contribution in [0.25, 0.3) is 0 Å². The van der Waals surface area contributed by atoms with Gasteiger partial charge in [-0.2, -0.15) is 0 Å². The van der Waals surface area contributed by atoms with E-state index in [1.54, 1.807) is 20.8 Å². The van der Waals surface area contributed by atoms with E-state index in [4.69, 9.17) is 9.47 Å². The van der Waals surface area contributed by atoms with Gasteiger partial charge in [-0.15, -0.1) is 0 Å². The molecule has 1 unspecified atom stereocenters. The highest BCUT2D eigenvalue weighted by Crippen LogP contribution is 2.17. The molecule has 0 aromatic heterocycles. The molecule has 1 atom stereocenters. The van der Waals surface area contributed by atoms with Gasteiger partial charge < -0.3 is 14.4 Å². The summed E-state index contributed by atoms with van der Waals surface area (Å²) in [6.45, 7) is 7.50. The first-order valence-corrected chi connectivity index (χ1v) is 8.63. The van der Waals surface area contributed by atoms with E-state index in [1.807, 2.05) is 30.3 Å². The standard InChI is InChI=1S/C19H26N2O5/c1-14(22)16-12-20(17(23)26-19(2,3)4)10-11-21(16)18(24)25-13-15-8-6-5-7-9-15/h5-9,16H,10-13H2,1-4H3. The summed E-state index contributed by atoms with van der Waals surface area (Å²) in [5.74, 6) is -0.199. The number of ketones is 1. The predicted molar refractivity (Wildman–Crippen MR) is 95.6 cm³/mol. The molecule has 2 amide bonds. The van der Waals surface area contributed by atoms with Crippen molar-refractivity contribution in [3.8, 4) is 0 Å². The summed E-state index contributed by atoms with van der Waals surface area (Å²) in [7, 11) is 0. The van der Waals surface area contributed by atoms with Gasteiger partial charge in [-0.3, -0.25) is 9.69 Å². The second-order valence-electron chi connectivity index (χ2n) is 7.29. The molecule has 0 spiro atoms. The third-order valence-electron chi connectivity index (χ3n) is 3.94. The number of carbonyl (C=O) groups is 3. The number of piperazine rings is 1. The normalized spacial score (nSPS) is 17.6. The quantitative estimate of drug-likeness (QED) is 0.826. The van der Waals surface area contributed by atoms with Gasteiger partial charge in [0, 0.05) is 13.1 Å². The van der Waals surface area contributed by atoms with E-state index in [-0.39, 0.29) is 25.5 Å². The Morgan fingerprint density at radius 2 is 1.73 bits per heavy atom. The molecule has 26 heavy (non-hydrogen) atoms. The number of benzene rings is 1. The van der Waals surface area contributed by atoms with Crippen molar-refractivity contribution in [2.75, 3.05) is 19.6 Å². The number of amides is 2. The van der Waals surface area contributed by atoms with Gasteiger partial charge in [0.1, 0.15) is 18.2 Å². The monoisotopic (exact) mass is 362 g/mol. The molecular formula is C19H26N2O5. The zero-order chi connectivity index (χ0) is 19.3. The molecule has 0 N–H and O–H groups in total. The minimum absolute atomic E-state index is 0.102. The van der Waals surface area contributed by atoms with Gasteiger partial charge in [0.15, 0.2) is 5.78 Å². The highest BCUT2D eigenvalue weighted by Gasteiger charge is 2.37. The smallest absolute Gasteiger partial charge is 0.410 e. The molecule has 0 radical (unpaired) electrons. The largest absolute Gasteiger partial charge is 0.445 e.